The van der Waals surface area contributed by atoms with E-state index in [1.54, 1.807) is 6.07 Å². The topological polar surface area (TPSA) is 40.2 Å². The maximum absolute atomic E-state index is 10.1. The summed E-state index contributed by atoms with van der Waals surface area (Å²) in [5.74, 6) is 0.168. The van der Waals surface area contributed by atoms with Crippen molar-refractivity contribution in [3.63, 3.8) is 0 Å². The number of aliphatic hydroxyl groups is 1. The van der Waals surface area contributed by atoms with Crippen molar-refractivity contribution in [3.8, 4) is 0 Å². The number of fused-ring (bicyclic) bond motifs is 1. The van der Waals surface area contributed by atoms with Gasteiger partial charge in [-0.3, -0.25) is 5.01 Å². The molecule has 2 aliphatic rings. The Labute approximate surface area is 123 Å². The third-order valence-electron chi connectivity index (χ3n) is 4.33. The van der Waals surface area contributed by atoms with Crippen LogP contribution in [0, 0.1) is 19.4 Å². The van der Waals surface area contributed by atoms with Crippen molar-refractivity contribution < 1.29 is 5.11 Å². The minimum absolute atomic E-state index is 0.0729. The molecular weight excluding hydrogens is 274 g/mol. The molecule has 1 N–H and O–H groups in total. The van der Waals surface area contributed by atoms with Crippen LogP contribution in [0.3, 0.4) is 0 Å². The summed E-state index contributed by atoms with van der Waals surface area (Å²) in [5.41, 5.74) is 3.31. The van der Waals surface area contributed by atoms with E-state index in [0.717, 1.165) is 29.8 Å². The fourth-order valence-electron chi connectivity index (χ4n) is 3.22. The highest BCUT2D eigenvalue weighted by Crippen LogP contribution is 2.37. The van der Waals surface area contributed by atoms with Crippen LogP contribution < -0.4 is 0 Å². The molecule has 3 rings (SSSR count). The second kappa shape index (κ2) is 4.76. The van der Waals surface area contributed by atoms with Crippen LogP contribution in [0.5, 0.6) is 0 Å². The van der Waals surface area contributed by atoms with Gasteiger partial charge in [-0.05, 0) is 24.5 Å². The number of nitrogens with zero attached hydrogens (tertiary/aromatic N) is 3. The number of aliphatic hydroxyl groups excluding tert-OH is 1. The molecule has 4 nitrogen and oxygen atoms in total. The predicted octanol–water partition coefficient (Wildman–Crippen LogP) is 2.99. The maximum Gasteiger partial charge on any atom is 0.205 e. The van der Waals surface area contributed by atoms with Gasteiger partial charge in [-0.15, -0.1) is 0 Å². The van der Waals surface area contributed by atoms with Gasteiger partial charge in [-0.2, -0.15) is 5.10 Å². The van der Waals surface area contributed by atoms with Gasteiger partial charge in [0.15, 0.2) is 0 Å². The van der Waals surface area contributed by atoms with Crippen molar-refractivity contribution in [3.05, 3.63) is 39.7 Å². The molecule has 0 aliphatic carbocycles. The zero-order valence-corrected chi connectivity index (χ0v) is 12.2. The first kappa shape index (κ1) is 13.4. The van der Waals surface area contributed by atoms with E-state index in [1.165, 1.54) is 0 Å². The summed E-state index contributed by atoms with van der Waals surface area (Å²) in [5, 5.41) is 17.2. The summed E-state index contributed by atoms with van der Waals surface area (Å²) in [6.07, 6.45) is 0.465. The third-order valence-corrected chi connectivity index (χ3v) is 4.81. The quantitative estimate of drug-likeness (QED) is 0.808. The van der Waals surface area contributed by atoms with Crippen molar-refractivity contribution in [2.75, 3.05) is 6.54 Å². The molecule has 0 aromatic heterocycles. The van der Waals surface area contributed by atoms with Crippen molar-refractivity contribution >= 4 is 23.0 Å². The molecule has 0 unspecified atom stereocenters. The van der Waals surface area contributed by atoms with E-state index >= 15 is 0 Å². The third kappa shape index (κ3) is 1.81. The second-order valence-corrected chi connectivity index (χ2v) is 5.84. The molecule has 20 heavy (non-hydrogen) atoms. The maximum atomic E-state index is 10.1. The molecule has 1 saturated heterocycles. The van der Waals surface area contributed by atoms with Crippen LogP contribution in [0.25, 0.3) is 4.85 Å². The van der Waals surface area contributed by atoms with E-state index in [4.69, 9.17) is 18.2 Å². The molecule has 1 aromatic rings. The summed E-state index contributed by atoms with van der Waals surface area (Å²) >= 11 is 6.24. The molecule has 0 bridgehead atoms. The molecule has 1 aromatic carbocycles. The smallest absolute Gasteiger partial charge is 0.205 e. The van der Waals surface area contributed by atoms with Crippen LogP contribution >= 0.6 is 11.6 Å². The van der Waals surface area contributed by atoms with Crippen molar-refractivity contribution in [1.82, 2.24) is 5.01 Å². The highest BCUT2D eigenvalue weighted by atomic mass is 35.5. The SMILES string of the molecule is [C-]#[N+]c1ccc(C2=NN3CC[C@H](O)[C@H]3[C@@H]2C)c(C)c1Cl. The van der Waals surface area contributed by atoms with Crippen LogP contribution in [0.1, 0.15) is 24.5 Å². The van der Waals surface area contributed by atoms with Gasteiger partial charge >= 0.3 is 0 Å². The van der Waals surface area contributed by atoms with Gasteiger partial charge in [-0.1, -0.05) is 30.7 Å². The Bertz CT molecular complexity index is 635. The number of hydrogen-bond donors (Lipinski definition) is 1. The van der Waals surface area contributed by atoms with Gasteiger partial charge in [0.25, 0.3) is 0 Å². The van der Waals surface area contributed by atoms with Gasteiger partial charge in [0.1, 0.15) is 0 Å². The lowest BCUT2D eigenvalue weighted by Crippen LogP contribution is -2.34. The molecule has 104 valence electrons. The van der Waals surface area contributed by atoms with E-state index < -0.39 is 0 Å². The highest BCUT2D eigenvalue weighted by Gasteiger charge is 2.43. The monoisotopic (exact) mass is 289 g/mol. The molecular formula is C15H16ClN3O. The zero-order valence-electron chi connectivity index (χ0n) is 11.5. The Balaban J connectivity index is 2.03. The van der Waals surface area contributed by atoms with Crippen LogP contribution in [0.2, 0.25) is 5.02 Å². The Hall–Kier alpha value is -1.57. The van der Waals surface area contributed by atoms with Crippen molar-refractivity contribution in [2.45, 2.75) is 32.4 Å². The van der Waals surface area contributed by atoms with E-state index in [-0.39, 0.29) is 18.1 Å². The summed E-state index contributed by atoms with van der Waals surface area (Å²) in [4.78, 5) is 3.41. The van der Waals surface area contributed by atoms with Gasteiger partial charge < -0.3 is 5.11 Å². The first-order valence-corrected chi connectivity index (χ1v) is 7.12. The van der Waals surface area contributed by atoms with E-state index in [2.05, 4.69) is 16.9 Å². The second-order valence-electron chi connectivity index (χ2n) is 5.47. The lowest BCUT2D eigenvalue weighted by Gasteiger charge is -2.21. The van der Waals surface area contributed by atoms with Crippen LogP contribution in [-0.4, -0.2) is 34.5 Å². The Morgan fingerprint density at radius 3 is 2.90 bits per heavy atom. The van der Waals surface area contributed by atoms with E-state index in [9.17, 15) is 5.11 Å². The first-order valence-electron chi connectivity index (χ1n) is 6.74. The number of halogens is 1. The fraction of sp³-hybridized carbons (Fsp3) is 0.467. The minimum Gasteiger partial charge on any atom is -0.391 e. The number of benzene rings is 1. The van der Waals surface area contributed by atoms with Crippen LogP contribution in [0.4, 0.5) is 5.69 Å². The van der Waals surface area contributed by atoms with Crippen LogP contribution in [-0.2, 0) is 0 Å². The molecule has 0 saturated carbocycles. The summed E-state index contributed by atoms with van der Waals surface area (Å²) < 4.78 is 0. The molecule has 0 amide bonds. The molecule has 2 heterocycles. The summed E-state index contributed by atoms with van der Waals surface area (Å²) in [6, 6.07) is 3.73. The number of hydrogen-bond acceptors (Lipinski definition) is 3. The molecule has 3 atom stereocenters. The predicted molar refractivity (Wildman–Crippen MR) is 79.3 cm³/mol. The summed E-state index contributed by atoms with van der Waals surface area (Å²) in [6.45, 7) is 11.9. The molecule has 0 radical (unpaired) electrons. The molecule has 1 fully saturated rings. The number of hydrazone groups is 1. The number of rotatable bonds is 1. The Morgan fingerprint density at radius 2 is 2.25 bits per heavy atom. The van der Waals surface area contributed by atoms with Crippen molar-refractivity contribution in [1.29, 1.82) is 0 Å². The largest absolute Gasteiger partial charge is 0.391 e. The lowest BCUT2D eigenvalue weighted by atomic mass is 9.89. The van der Waals surface area contributed by atoms with Crippen LogP contribution in [0.15, 0.2) is 17.2 Å². The normalized spacial score (nSPS) is 28.2. The highest BCUT2D eigenvalue weighted by molar-refractivity contribution is 6.34. The zero-order chi connectivity index (χ0) is 14.4. The Kier molecular flexibility index (Phi) is 3.19. The van der Waals surface area contributed by atoms with Gasteiger partial charge in [0.2, 0.25) is 5.69 Å². The first-order chi connectivity index (χ1) is 9.54. The molecule has 2 aliphatic heterocycles. The van der Waals surface area contributed by atoms with Gasteiger partial charge in [0.05, 0.1) is 29.5 Å². The van der Waals surface area contributed by atoms with E-state index in [0.29, 0.717) is 10.7 Å². The average molecular weight is 290 g/mol. The van der Waals surface area contributed by atoms with Gasteiger partial charge in [-0.25, -0.2) is 4.85 Å². The standard InChI is InChI=1S/C15H16ClN3O/c1-8-10(4-5-11(17-3)13(8)16)14-9(2)15-12(20)6-7-19(15)18-14/h4-5,9,12,15,20H,6-7H2,1-2H3/t9-,12+,15-/m1/s1. The lowest BCUT2D eigenvalue weighted by molar-refractivity contribution is 0.113. The summed E-state index contributed by atoms with van der Waals surface area (Å²) in [7, 11) is 0. The van der Waals surface area contributed by atoms with Gasteiger partial charge in [0, 0.05) is 12.5 Å². The van der Waals surface area contributed by atoms with E-state index in [1.807, 2.05) is 18.0 Å². The average Bonchev–Trinajstić information content (AvgIpc) is 2.95. The van der Waals surface area contributed by atoms with Crippen molar-refractivity contribution in [2.24, 2.45) is 11.0 Å². The minimum atomic E-state index is -0.315. The molecule has 0 spiro atoms. The Morgan fingerprint density at radius 1 is 1.50 bits per heavy atom. The molecule has 5 heteroatoms. The fourth-order valence-corrected chi connectivity index (χ4v) is 3.42.